The van der Waals surface area contributed by atoms with Crippen LogP contribution in [-0.2, 0) is 0 Å². The fraction of sp³-hybridized carbons (Fsp3) is 0.353. The van der Waals surface area contributed by atoms with Crippen molar-refractivity contribution in [3.8, 4) is 5.69 Å². The van der Waals surface area contributed by atoms with E-state index < -0.39 is 0 Å². The van der Waals surface area contributed by atoms with Gasteiger partial charge in [-0.15, -0.1) is 0 Å². The summed E-state index contributed by atoms with van der Waals surface area (Å²) in [6, 6.07) is 38.8. The van der Waals surface area contributed by atoms with Crippen LogP contribution in [0.3, 0.4) is 0 Å². The second-order valence-electron chi connectivity index (χ2n) is 10.7. The molecule has 2 aliphatic carbocycles. The van der Waals surface area contributed by atoms with Gasteiger partial charge >= 0.3 is 0 Å². The van der Waals surface area contributed by atoms with E-state index in [1.807, 2.05) is 0 Å². The summed E-state index contributed by atoms with van der Waals surface area (Å²) in [5.41, 5.74) is 7.52. The lowest BCUT2D eigenvalue weighted by molar-refractivity contribution is 0.427. The summed E-state index contributed by atoms with van der Waals surface area (Å²) in [5.74, 6) is 1.34. The van der Waals surface area contributed by atoms with E-state index in [1.165, 1.54) is 57.1 Å². The maximum atomic E-state index is 2.54. The molecule has 0 bridgehead atoms. The fourth-order valence-corrected chi connectivity index (χ4v) is 11.2. The van der Waals surface area contributed by atoms with E-state index in [1.54, 1.807) is 16.6 Å². The molecule has 4 unspecified atom stereocenters. The summed E-state index contributed by atoms with van der Waals surface area (Å²) >= 11 is 0. The zero-order valence-corrected chi connectivity index (χ0v) is 22.1. The standard InChI is InChI=1S/C34H38NP/c1-4-15-27(16-5-1)30-21-10-12-23-32(30)36(34-25-14-26-35(34)29-19-8-3-9-20-29)33-24-13-11-22-31(33)28-17-6-2-7-18-28/h1-9,14-20,25-26,30-33H,10-13,21-24H2. The highest BCUT2D eigenvalue weighted by atomic mass is 31.1. The predicted molar refractivity (Wildman–Crippen MR) is 155 cm³/mol. The lowest BCUT2D eigenvalue weighted by Gasteiger charge is -2.46. The van der Waals surface area contributed by atoms with Gasteiger partial charge in [0.15, 0.2) is 0 Å². The van der Waals surface area contributed by atoms with Gasteiger partial charge < -0.3 is 4.57 Å². The summed E-state index contributed by atoms with van der Waals surface area (Å²) in [7, 11) is -0.362. The molecule has 2 fully saturated rings. The Kier molecular flexibility index (Phi) is 7.38. The van der Waals surface area contributed by atoms with Crippen molar-refractivity contribution in [3.05, 3.63) is 120 Å². The van der Waals surface area contributed by atoms with Crippen molar-refractivity contribution in [2.45, 2.75) is 74.5 Å². The Morgan fingerprint density at radius 2 is 0.972 bits per heavy atom. The molecule has 1 aromatic heterocycles. The van der Waals surface area contributed by atoms with Crippen molar-refractivity contribution in [1.82, 2.24) is 4.57 Å². The molecule has 0 amide bonds. The van der Waals surface area contributed by atoms with E-state index in [9.17, 15) is 0 Å². The Balaban J connectivity index is 1.48. The van der Waals surface area contributed by atoms with E-state index in [4.69, 9.17) is 0 Å². The quantitative estimate of drug-likeness (QED) is 0.237. The third kappa shape index (κ3) is 4.83. The van der Waals surface area contributed by atoms with Crippen LogP contribution in [0.5, 0.6) is 0 Å². The van der Waals surface area contributed by atoms with Crippen LogP contribution >= 0.6 is 7.92 Å². The first-order chi connectivity index (χ1) is 17.9. The molecule has 3 aromatic carbocycles. The zero-order chi connectivity index (χ0) is 24.2. The molecule has 2 saturated carbocycles. The molecule has 184 valence electrons. The Labute approximate surface area is 218 Å². The number of hydrogen-bond donors (Lipinski definition) is 0. The highest BCUT2D eigenvalue weighted by Gasteiger charge is 2.42. The molecule has 2 heteroatoms. The highest BCUT2D eigenvalue weighted by Crippen LogP contribution is 2.61. The van der Waals surface area contributed by atoms with Gasteiger partial charge in [0.2, 0.25) is 0 Å². The van der Waals surface area contributed by atoms with Crippen LogP contribution < -0.4 is 5.44 Å². The maximum Gasteiger partial charge on any atom is 0.0464 e. The molecule has 0 aliphatic heterocycles. The van der Waals surface area contributed by atoms with E-state index in [0.29, 0.717) is 11.8 Å². The highest BCUT2D eigenvalue weighted by molar-refractivity contribution is 7.67. The minimum atomic E-state index is -0.362. The minimum absolute atomic E-state index is 0.362. The summed E-state index contributed by atoms with van der Waals surface area (Å²) in [5, 5.41) is 0. The average Bonchev–Trinajstić information content (AvgIpc) is 3.45. The van der Waals surface area contributed by atoms with Gasteiger partial charge in [-0.2, -0.15) is 0 Å². The summed E-state index contributed by atoms with van der Waals surface area (Å²) in [6.45, 7) is 0. The Hall–Kier alpha value is -2.63. The van der Waals surface area contributed by atoms with Gasteiger partial charge in [0, 0.05) is 17.3 Å². The maximum absolute atomic E-state index is 2.54. The van der Waals surface area contributed by atoms with Crippen LogP contribution in [-0.4, -0.2) is 15.9 Å². The molecule has 4 aromatic rings. The van der Waals surface area contributed by atoms with Crippen molar-refractivity contribution < 1.29 is 0 Å². The summed E-state index contributed by atoms with van der Waals surface area (Å²) in [6.07, 6.45) is 13.2. The van der Waals surface area contributed by atoms with Crippen LogP contribution in [0.4, 0.5) is 0 Å². The molecule has 0 N–H and O–H groups in total. The SMILES string of the molecule is c1ccc(C2CCCCC2P(c2cccn2-c2ccccc2)C2CCCCC2c2ccccc2)cc1. The number of hydrogen-bond acceptors (Lipinski definition) is 0. The van der Waals surface area contributed by atoms with Crippen molar-refractivity contribution in [3.63, 3.8) is 0 Å². The molecule has 2 aliphatic rings. The van der Waals surface area contributed by atoms with Crippen LogP contribution in [0.1, 0.15) is 74.3 Å². The van der Waals surface area contributed by atoms with Crippen molar-refractivity contribution >= 4 is 13.4 Å². The second kappa shape index (κ2) is 11.2. The van der Waals surface area contributed by atoms with E-state index in [-0.39, 0.29) is 7.92 Å². The molecule has 4 atom stereocenters. The third-order valence-corrected chi connectivity index (χ3v) is 12.2. The monoisotopic (exact) mass is 491 g/mol. The first kappa shape index (κ1) is 23.7. The van der Waals surface area contributed by atoms with Gasteiger partial charge in [0.25, 0.3) is 0 Å². The normalized spacial score (nSPS) is 25.3. The van der Waals surface area contributed by atoms with E-state index >= 15 is 0 Å². The van der Waals surface area contributed by atoms with E-state index in [0.717, 1.165) is 11.3 Å². The Morgan fingerprint density at radius 3 is 1.50 bits per heavy atom. The number of rotatable bonds is 6. The van der Waals surface area contributed by atoms with Crippen LogP contribution in [0.15, 0.2) is 109 Å². The molecule has 1 nitrogen and oxygen atoms in total. The topological polar surface area (TPSA) is 4.93 Å². The van der Waals surface area contributed by atoms with Gasteiger partial charge in [-0.1, -0.05) is 105 Å². The predicted octanol–water partition coefficient (Wildman–Crippen LogP) is 9.04. The molecule has 6 rings (SSSR count). The Morgan fingerprint density at radius 1 is 0.500 bits per heavy atom. The Bertz CT molecular complexity index is 1160. The first-order valence-electron chi connectivity index (χ1n) is 14.0. The third-order valence-electron chi connectivity index (χ3n) is 8.66. The van der Waals surface area contributed by atoms with Crippen LogP contribution in [0.25, 0.3) is 5.69 Å². The first-order valence-corrected chi connectivity index (χ1v) is 15.5. The molecule has 1 heterocycles. The minimum Gasteiger partial charge on any atom is -0.317 e. The number of para-hydroxylation sites is 1. The van der Waals surface area contributed by atoms with Crippen molar-refractivity contribution in [2.24, 2.45) is 0 Å². The number of aromatic nitrogens is 1. The molecular weight excluding hydrogens is 453 g/mol. The van der Waals surface area contributed by atoms with Crippen LogP contribution in [0.2, 0.25) is 0 Å². The van der Waals surface area contributed by atoms with Gasteiger partial charge in [0.05, 0.1) is 0 Å². The summed E-state index contributed by atoms with van der Waals surface area (Å²) < 4.78 is 2.54. The second-order valence-corrected chi connectivity index (χ2v) is 13.3. The van der Waals surface area contributed by atoms with Crippen LogP contribution in [0, 0.1) is 0 Å². The van der Waals surface area contributed by atoms with Gasteiger partial charge in [-0.05, 0) is 92.2 Å². The molecule has 36 heavy (non-hydrogen) atoms. The van der Waals surface area contributed by atoms with Gasteiger partial charge in [-0.3, -0.25) is 0 Å². The number of benzene rings is 3. The van der Waals surface area contributed by atoms with Crippen molar-refractivity contribution in [2.75, 3.05) is 0 Å². The zero-order valence-electron chi connectivity index (χ0n) is 21.3. The van der Waals surface area contributed by atoms with Gasteiger partial charge in [0.1, 0.15) is 0 Å². The van der Waals surface area contributed by atoms with Gasteiger partial charge in [-0.25, -0.2) is 0 Å². The summed E-state index contributed by atoms with van der Waals surface area (Å²) in [4.78, 5) is 0. The fourth-order valence-electron chi connectivity index (χ4n) is 7.04. The number of nitrogens with zero attached hydrogens (tertiary/aromatic N) is 1. The average molecular weight is 492 g/mol. The largest absolute Gasteiger partial charge is 0.317 e. The molecular formula is C34H38NP. The van der Waals surface area contributed by atoms with Crippen molar-refractivity contribution in [1.29, 1.82) is 0 Å². The lowest BCUT2D eigenvalue weighted by atomic mass is 9.83. The van der Waals surface area contributed by atoms with E-state index in [2.05, 4.69) is 114 Å². The lowest BCUT2D eigenvalue weighted by Crippen LogP contribution is -2.35. The molecule has 0 radical (unpaired) electrons. The molecule has 0 spiro atoms. The smallest absolute Gasteiger partial charge is 0.0464 e. The molecule has 0 saturated heterocycles.